The summed E-state index contributed by atoms with van der Waals surface area (Å²) in [5.41, 5.74) is 4.41. The molecule has 116 valence electrons. The van der Waals surface area contributed by atoms with E-state index < -0.39 is 0 Å². The molecule has 0 radical (unpaired) electrons. The molecule has 22 heavy (non-hydrogen) atoms. The summed E-state index contributed by atoms with van der Waals surface area (Å²) in [6, 6.07) is 12.0. The van der Waals surface area contributed by atoms with Gasteiger partial charge in [-0.3, -0.25) is 4.79 Å². The maximum absolute atomic E-state index is 11.2. The molecule has 0 spiro atoms. The highest BCUT2D eigenvalue weighted by molar-refractivity contribution is 7.99. The Kier molecular flexibility index (Phi) is 5.67. The highest BCUT2D eigenvalue weighted by atomic mass is 32.2. The SMILES string of the molecule is CC(=O)c1ccc(SCCOc2c(C)ccc(C)c2C)cc1. The van der Waals surface area contributed by atoms with Gasteiger partial charge in [-0.15, -0.1) is 11.8 Å². The van der Waals surface area contributed by atoms with Crippen LogP contribution in [0.25, 0.3) is 0 Å². The summed E-state index contributed by atoms with van der Waals surface area (Å²) in [5, 5.41) is 0. The Morgan fingerprint density at radius 2 is 1.64 bits per heavy atom. The van der Waals surface area contributed by atoms with Gasteiger partial charge in [0.15, 0.2) is 5.78 Å². The maximum atomic E-state index is 11.2. The summed E-state index contributed by atoms with van der Waals surface area (Å²) in [4.78, 5) is 12.4. The van der Waals surface area contributed by atoms with Crippen molar-refractivity contribution in [1.82, 2.24) is 0 Å². The van der Waals surface area contributed by atoms with Crippen molar-refractivity contribution in [2.24, 2.45) is 0 Å². The number of ketones is 1. The number of hydrogen-bond acceptors (Lipinski definition) is 3. The van der Waals surface area contributed by atoms with Gasteiger partial charge in [-0.05, 0) is 56.5 Å². The first-order valence-corrected chi connectivity index (χ1v) is 8.41. The molecule has 0 aliphatic rings. The minimum absolute atomic E-state index is 0.102. The van der Waals surface area contributed by atoms with Gasteiger partial charge in [-0.2, -0.15) is 0 Å². The van der Waals surface area contributed by atoms with Crippen LogP contribution in [-0.4, -0.2) is 18.1 Å². The van der Waals surface area contributed by atoms with Gasteiger partial charge in [0.25, 0.3) is 0 Å². The van der Waals surface area contributed by atoms with E-state index >= 15 is 0 Å². The van der Waals surface area contributed by atoms with Gasteiger partial charge in [0.2, 0.25) is 0 Å². The van der Waals surface area contributed by atoms with Crippen molar-refractivity contribution < 1.29 is 9.53 Å². The second kappa shape index (κ2) is 7.50. The molecule has 0 aromatic heterocycles. The molecule has 0 heterocycles. The molecule has 2 rings (SSSR count). The predicted octanol–water partition coefficient (Wildman–Crippen LogP) is 4.99. The van der Waals surface area contributed by atoms with Gasteiger partial charge in [0.05, 0.1) is 6.61 Å². The van der Waals surface area contributed by atoms with Crippen LogP contribution in [-0.2, 0) is 0 Å². The second-order valence-corrected chi connectivity index (χ2v) is 6.60. The molecule has 0 atom stereocenters. The van der Waals surface area contributed by atoms with E-state index in [4.69, 9.17) is 4.74 Å². The number of Topliss-reactive ketones (excluding diaryl/α,β-unsaturated/α-hetero) is 1. The zero-order valence-corrected chi connectivity index (χ0v) is 14.4. The van der Waals surface area contributed by atoms with Gasteiger partial charge in [-0.1, -0.05) is 24.3 Å². The summed E-state index contributed by atoms with van der Waals surface area (Å²) in [5.74, 6) is 1.99. The maximum Gasteiger partial charge on any atom is 0.159 e. The van der Waals surface area contributed by atoms with Gasteiger partial charge in [-0.25, -0.2) is 0 Å². The van der Waals surface area contributed by atoms with Crippen molar-refractivity contribution in [2.45, 2.75) is 32.6 Å². The third-order valence-corrected chi connectivity index (χ3v) is 4.71. The fourth-order valence-electron chi connectivity index (χ4n) is 2.24. The summed E-state index contributed by atoms with van der Waals surface area (Å²) < 4.78 is 5.96. The van der Waals surface area contributed by atoms with Crippen molar-refractivity contribution >= 4 is 17.5 Å². The highest BCUT2D eigenvalue weighted by Crippen LogP contribution is 2.26. The molecule has 3 heteroatoms. The van der Waals surface area contributed by atoms with E-state index in [0.29, 0.717) is 6.61 Å². The second-order valence-electron chi connectivity index (χ2n) is 5.43. The lowest BCUT2D eigenvalue weighted by Crippen LogP contribution is -2.03. The first-order chi connectivity index (χ1) is 10.5. The fraction of sp³-hybridized carbons (Fsp3) is 0.316. The molecule has 0 aliphatic carbocycles. The monoisotopic (exact) mass is 314 g/mol. The third kappa shape index (κ3) is 4.14. The lowest BCUT2D eigenvalue weighted by molar-refractivity contribution is 0.101. The first-order valence-electron chi connectivity index (χ1n) is 7.42. The quantitative estimate of drug-likeness (QED) is 0.427. The molecule has 0 saturated carbocycles. The lowest BCUT2D eigenvalue weighted by atomic mass is 10.1. The summed E-state index contributed by atoms with van der Waals surface area (Å²) in [6.45, 7) is 8.54. The van der Waals surface area contributed by atoms with Gasteiger partial charge < -0.3 is 4.74 Å². The van der Waals surface area contributed by atoms with Crippen LogP contribution in [0.3, 0.4) is 0 Å². The fourth-order valence-corrected chi connectivity index (χ4v) is 2.97. The Morgan fingerprint density at radius 1 is 1.00 bits per heavy atom. The van der Waals surface area contributed by atoms with Gasteiger partial charge in [0.1, 0.15) is 5.75 Å². The molecule has 0 unspecified atom stereocenters. The van der Waals surface area contributed by atoms with E-state index in [1.165, 1.54) is 16.7 Å². The number of thioether (sulfide) groups is 1. The zero-order chi connectivity index (χ0) is 16.1. The van der Waals surface area contributed by atoms with Crippen LogP contribution in [0.5, 0.6) is 5.75 Å². The Balaban J connectivity index is 1.87. The summed E-state index contributed by atoms with van der Waals surface area (Å²) >= 11 is 1.74. The Hall–Kier alpha value is -1.74. The Bertz CT molecular complexity index is 660. The molecule has 0 aliphatic heterocycles. The Labute approximate surface area is 136 Å². The van der Waals surface area contributed by atoms with E-state index in [2.05, 4.69) is 32.9 Å². The van der Waals surface area contributed by atoms with Crippen LogP contribution < -0.4 is 4.74 Å². The summed E-state index contributed by atoms with van der Waals surface area (Å²) in [6.07, 6.45) is 0. The number of hydrogen-bond donors (Lipinski definition) is 0. The molecule has 0 amide bonds. The van der Waals surface area contributed by atoms with Crippen molar-refractivity contribution in [3.8, 4) is 5.75 Å². The molecule has 2 aromatic rings. The smallest absolute Gasteiger partial charge is 0.159 e. The van der Waals surface area contributed by atoms with E-state index in [0.717, 1.165) is 22.0 Å². The summed E-state index contributed by atoms with van der Waals surface area (Å²) in [7, 11) is 0. The average Bonchev–Trinajstić information content (AvgIpc) is 2.51. The van der Waals surface area contributed by atoms with E-state index in [1.54, 1.807) is 18.7 Å². The van der Waals surface area contributed by atoms with Crippen LogP contribution in [0, 0.1) is 20.8 Å². The van der Waals surface area contributed by atoms with E-state index in [1.807, 2.05) is 24.3 Å². The number of ether oxygens (including phenoxy) is 1. The predicted molar refractivity (Wildman–Crippen MR) is 93.3 cm³/mol. The van der Waals surface area contributed by atoms with Crippen LogP contribution in [0.2, 0.25) is 0 Å². The minimum atomic E-state index is 0.102. The van der Waals surface area contributed by atoms with Gasteiger partial charge in [0, 0.05) is 16.2 Å². The molecule has 2 aromatic carbocycles. The molecular weight excluding hydrogens is 292 g/mol. The molecular formula is C19H22O2S. The minimum Gasteiger partial charge on any atom is -0.492 e. The van der Waals surface area contributed by atoms with Crippen molar-refractivity contribution in [3.63, 3.8) is 0 Å². The Morgan fingerprint density at radius 3 is 2.27 bits per heavy atom. The van der Waals surface area contributed by atoms with Gasteiger partial charge >= 0.3 is 0 Å². The first kappa shape index (κ1) is 16.6. The number of aryl methyl sites for hydroxylation is 2. The van der Waals surface area contributed by atoms with Crippen LogP contribution in [0.4, 0.5) is 0 Å². The normalized spacial score (nSPS) is 10.5. The third-order valence-electron chi connectivity index (χ3n) is 3.73. The van der Waals surface area contributed by atoms with Crippen molar-refractivity contribution in [1.29, 1.82) is 0 Å². The van der Waals surface area contributed by atoms with E-state index in [9.17, 15) is 4.79 Å². The largest absolute Gasteiger partial charge is 0.492 e. The zero-order valence-electron chi connectivity index (χ0n) is 13.6. The standard InChI is InChI=1S/C19H22O2S/c1-13-5-6-14(2)19(15(13)3)21-11-12-22-18-9-7-17(8-10-18)16(4)20/h5-10H,11-12H2,1-4H3. The molecule has 0 saturated heterocycles. The number of rotatable bonds is 6. The number of carbonyl (C=O) groups excluding carboxylic acids is 1. The molecule has 0 N–H and O–H groups in total. The van der Waals surface area contributed by atoms with Crippen molar-refractivity contribution in [2.75, 3.05) is 12.4 Å². The molecule has 2 nitrogen and oxygen atoms in total. The number of carbonyl (C=O) groups is 1. The topological polar surface area (TPSA) is 26.3 Å². The van der Waals surface area contributed by atoms with Crippen LogP contribution in [0.15, 0.2) is 41.3 Å². The average molecular weight is 314 g/mol. The van der Waals surface area contributed by atoms with Crippen LogP contribution in [0.1, 0.15) is 34.0 Å². The molecule has 0 fully saturated rings. The number of benzene rings is 2. The van der Waals surface area contributed by atoms with Crippen molar-refractivity contribution in [3.05, 3.63) is 58.7 Å². The van der Waals surface area contributed by atoms with Crippen LogP contribution >= 0.6 is 11.8 Å². The highest BCUT2D eigenvalue weighted by Gasteiger charge is 2.06. The van der Waals surface area contributed by atoms with E-state index in [-0.39, 0.29) is 5.78 Å². The molecule has 0 bridgehead atoms. The lowest BCUT2D eigenvalue weighted by Gasteiger charge is -2.13.